The summed E-state index contributed by atoms with van der Waals surface area (Å²) in [6.07, 6.45) is 0.475. The van der Waals surface area contributed by atoms with Gasteiger partial charge in [0.2, 0.25) is 5.91 Å². The van der Waals surface area contributed by atoms with Crippen molar-refractivity contribution < 1.29 is 53.1 Å². The Hall–Kier alpha value is -4.91. The highest BCUT2D eigenvalue weighted by atomic mass is 16.5. The maximum atomic E-state index is 13.9. The van der Waals surface area contributed by atoms with Crippen molar-refractivity contribution in [2.45, 2.75) is 77.0 Å². The zero-order chi connectivity index (χ0) is 36.1. The predicted molar refractivity (Wildman–Crippen MR) is 179 cm³/mol. The third kappa shape index (κ3) is 11.1. The number of carboxylic acid groups (broad SMARTS) is 1. The largest absolute Gasteiger partial charge is 0.493 e. The molecule has 49 heavy (non-hydrogen) atoms. The minimum atomic E-state index is -1.57. The van der Waals surface area contributed by atoms with Gasteiger partial charge in [-0.25, -0.2) is 9.59 Å². The Kier molecular flexibility index (Phi) is 14.2. The number of aliphatic hydroxyl groups is 1. The average molecular weight is 683 g/mol. The van der Waals surface area contributed by atoms with Crippen molar-refractivity contribution in [2.24, 2.45) is 5.41 Å². The molecule has 0 radical (unpaired) electrons. The summed E-state index contributed by atoms with van der Waals surface area (Å²) in [6.45, 7) is 6.51. The topological polar surface area (TPSA) is 178 Å². The molecule has 1 saturated heterocycles. The number of aliphatic carboxylic acids is 1. The van der Waals surface area contributed by atoms with E-state index >= 15 is 0 Å². The number of anilines is 1. The van der Waals surface area contributed by atoms with E-state index in [1.165, 1.54) is 19.1 Å². The molecule has 0 bridgehead atoms. The van der Waals surface area contributed by atoms with Gasteiger partial charge in [0.25, 0.3) is 5.91 Å². The fourth-order valence-corrected chi connectivity index (χ4v) is 5.43. The Bertz CT molecular complexity index is 1510. The van der Waals surface area contributed by atoms with E-state index in [9.17, 15) is 29.1 Å². The number of methoxy groups -OCH3 is 2. The number of carbonyl (C=O) groups is 5. The third-order valence-corrected chi connectivity index (χ3v) is 8.29. The standard InChI is InChI=1S/C36H46N2O11/c1-6-32(42)48-22-36(2,3)33(43)34(44)38-19-8-7-12-26(38)35(45)49-27(15-13-23-14-16-28(46-4)29(20-23)47-5)24-10-9-11-25(21-24)37-30(39)17-18-31(40)41/h6,9-11,14,16,20-21,26-27,33,43H,1,7-8,12-13,15,17-19,22H2,2-5H3,(H,37,39)(H,40,41)/t26-,27+,33?/m0/s1. The van der Waals surface area contributed by atoms with Crippen molar-refractivity contribution in [1.82, 2.24) is 4.90 Å². The Morgan fingerprint density at radius 2 is 1.78 bits per heavy atom. The SMILES string of the molecule is C=CC(=O)OCC(C)(C)C(O)C(=O)N1CCCC[C@H]1C(=O)O[C@H](CCc1ccc(OC)c(OC)c1)c1cccc(NC(=O)CCC(=O)O)c1. The fourth-order valence-electron chi connectivity index (χ4n) is 5.43. The molecule has 3 atom stereocenters. The number of hydrogen-bond acceptors (Lipinski definition) is 10. The highest BCUT2D eigenvalue weighted by Gasteiger charge is 2.42. The second-order valence-electron chi connectivity index (χ2n) is 12.5. The van der Waals surface area contributed by atoms with Gasteiger partial charge in [-0.15, -0.1) is 0 Å². The molecule has 0 spiro atoms. The van der Waals surface area contributed by atoms with Crippen LogP contribution in [-0.4, -0.2) is 84.4 Å². The number of aryl methyl sites for hydroxylation is 1. The summed E-state index contributed by atoms with van der Waals surface area (Å²) in [6, 6.07) is 11.2. The molecule has 3 N–H and O–H groups in total. The lowest BCUT2D eigenvalue weighted by molar-refractivity contribution is -0.168. The Balaban J connectivity index is 1.86. The minimum Gasteiger partial charge on any atom is -0.493 e. The number of carbonyl (C=O) groups excluding carboxylic acids is 4. The molecule has 2 aromatic rings. The van der Waals surface area contributed by atoms with E-state index in [4.69, 9.17) is 24.1 Å². The molecule has 3 rings (SSSR count). The molecule has 0 saturated carbocycles. The number of benzene rings is 2. The van der Waals surface area contributed by atoms with Crippen LogP contribution in [-0.2, 0) is 39.9 Å². The van der Waals surface area contributed by atoms with Gasteiger partial charge in [0.15, 0.2) is 11.5 Å². The Morgan fingerprint density at radius 3 is 2.45 bits per heavy atom. The molecule has 13 heteroatoms. The van der Waals surface area contributed by atoms with Crippen molar-refractivity contribution >= 4 is 35.4 Å². The summed E-state index contributed by atoms with van der Waals surface area (Å²) >= 11 is 0. The maximum absolute atomic E-state index is 13.9. The summed E-state index contributed by atoms with van der Waals surface area (Å²) in [5, 5.41) is 22.7. The third-order valence-electron chi connectivity index (χ3n) is 8.29. The van der Waals surface area contributed by atoms with E-state index in [1.54, 1.807) is 44.2 Å². The molecule has 13 nitrogen and oxygen atoms in total. The molecule has 0 aromatic heterocycles. The monoisotopic (exact) mass is 682 g/mol. The molecular formula is C36H46N2O11. The van der Waals surface area contributed by atoms with Crippen molar-refractivity contribution in [1.29, 1.82) is 0 Å². The van der Waals surface area contributed by atoms with E-state index < -0.39 is 53.4 Å². The number of nitrogens with zero attached hydrogens (tertiary/aromatic N) is 1. The van der Waals surface area contributed by atoms with E-state index in [-0.39, 0.29) is 26.0 Å². The summed E-state index contributed by atoms with van der Waals surface area (Å²) < 4.78 is 22.0. The van der Waals surface area contributed by atoms with Crippen molar-refractivity contribution in [3.05, 3.63) is 66.2 Å². The molecule has 2 amide bonds. The summed E-state index contributed by atoms with van der Waals surface area (Å²) in [5.74, 6) is -2.47. The van der Waals surface area contributed by atoms with Crippen molar-refractivity contribution in [3.8, 4) is 11.5 Å². The normalized spacial score (nSPS) is 15.7. The second kappa shape index (κ2) is 18.0. The predicted octanol–water partition coefficient (Wildman–Crippen LogP) is 4.22. The first-order valence-electron chi connectivity index (χ1n) is 16.1. The number of piperidine rings is 1. The van der Waals surface area contributed by atoms with Gasteiger partial charge >= 0.3 is 17.9 Å². The van der Waals surface area contributed by atoms with E-state index in [1.807, 2.05) is 12.1 Å². The van der Waals surface area contributed by atoms with Gasteiger partial charge in [-0.1, -0.05) is 38.6 Å². The first-order valence-corrected chi connectivity index (χ1v) is 16.1. The van der Waals surface area contributed by atoms with Gasteiger partial charge in [0, 0.05) is 30.1 Å². The van der Waals surface area contributed by atoms with Crippen molar-refractivity contribution in [3.63, 3.8) is 0 Å². The highest BCUT2D eigenvalue weighted by Crippen LogP contribution is 2.32. The van der Waals surface area contributed by atoms with E-state index in [2.05, 4.69) is 11.9 Å². The van der Waals surface area contributed by atoms with Crippen LogP contribution in [0, 0.1) is 5.41 Å². The van der Waals surface area contributed by atoms with Gasteiger partial charge in [-0.05, 0) is 67.5 Å². The number of amides is 2. The minimum absolute atomic E-state index is 0.206. The van der Waals surface area contributed by atoms with Gasteiger partial charge < -0.3 is 39.4 Å². The smallest absolute Gasteiger partial charge is 0.330 e. The first-order chi connectivity index (χ1) is 23.3. The first kappa shape index (κ1) is 38.5. The maximum Gasteiger partial charge on any atom is 0.330 e. The molecule has 1 fully saturated rings. The van der Waals surface area contributed by atoms with Crippen LogP contribution in [0.15, 0.2) is 55.1 Å². The number of likely N-dealkylation sites (tertiary alicyclic amines) is 1. The lowest BCUT2D eigenvalue weighted by Crippen LogP contribution is -2.55. The summed E-state index contributed by atoms with van der Waals surface area (Å²) in [4.78, 5) is 63.7. The average Bonchev–Trinajstić information content (AvgIpc) is 3.10. The number of hydrogen-bond donors (Lipinski definition) is 3. The molecule has 1 unspecified atom stereocenters. The van der Waals surface area contributed by atoms with Crippen LogP contribution in [0.3, 0.4) is 0 Å². The second-order valence-corrected chi connectivity index (χ2v) is 12.5. The van der Waals surface area contributed by atoms with Gasteiger partial charge in [0.05, 0.1) is 27.2 Å². The molecule has 0 aliphatic carbocycles. The zero-order valence-corrected chi connectivity index (χ0v) is 28.4. The summed E-state index contributed by atoms with van der Waals surface area (Å²) in [5.41, 5.74) is 0.702. The highest BCUT2D eigenvalue weighted by molar-refractivity contribution is 5.92. The van der Waals surface area contributed by atoms with E-state index in [0.29, 0.717) is 54.9 Å². The lowest BCUT2D eigenvalue weighted by Gasteiger charge is -2.39. The van der Waals surface area contributed by atoms with Gasteiger partial charge in [-0.2, -0.15) is 0 Å². The lowest BCUT2D eigenvalue weighted by atomic mass is 9.85. The fraction of sp³-hybridized carbons (Fsp3) is 0.472. The van der Waals surface area contributed by atoms with Crippen LogP contribution in [0.25, 0.3) is 0 Å². The van der Waals surface area contributed by atoms with Crippen LogP contribution in [0.2, 0.25) is 0 Å². The zero-order valence-electron chi connectivity index (χ0n) is 28.4. The van der Waals surface area contributed by atoms with Gasteiger partial charge in [-0.3, -0.25) is 14.4 Å². The Labute approximate surface area is 286 Å². The van der Waals surface area contributed by atoms with Gasteiger partial charge in [0.1, 0.15) is 18.2 Å². The van der Waals surface area contributed by atoms with Crippen LogP contribution < -0.4 is 14.8 Å². The number of carboxylic acids is 1. The van der Waals surface area contributed by atoms with Crippen LogP contribution >= 0.6 is 0 Å². The quantitative estimate of drug-likeness (QED) is 0.161. The molecular weight excluding hydrogens is 636 g/mol. The number of aliphatic hydroxyl groups excluding tert-OH is 1. The number of ether oxygens (including phenoxy) is 4. The molecule has 1 aliphatic rings. The molecule has 1 heterocycles. The summed E-state index contributed by atoms with van der Waals surface area (Å²) in [7, 11) is 3.07. The van der Waals surface area contributed by atoms with Crippen LogP contribution in [0.5, 0.6) is 11.5 Å². The number of nitrogens with one attached hydrogen (secondary N) is 1. The van der Waals surface area contributed by atoms with Crippen LogP contribution in [0.4, 0.5) is 5.69 Å². The Morgan fingerprint density at radius 1 is 1.04 bits per heavy atom. The number of rotatable bonds is 17. The molecule has 1 aliphatic heterocycles. The van der Waals surface area contributed by atoms with Crippen LogP contribution in [0.1, 0.15) is 69.6 Å². The molecule has 2 aromatic carbocycles. The van der Waals surface area contributed by atoms with E-state index in [0.717, 1.165) is 11.6 Å². The van der Waals surface area contributed by atoms with Crippen molar-refractivity contribution in [2.75, 3.05) is 32.7 Å². The molecule has 266 valence electrons. The number of esters is 2.